The zero-order chi connectivity index (χ0) is 18.2. The molecule has 0 aliphatic rings. The number of aromatic nitrogens is 5. The number of guanidine groups is 1. The van der Waals surface area contributed by atoms with Crippen LogP contribution in [0.25, 0.3) is 0 Å². The van der Waals surface area contributed by atoms with Gasteiger partial charge < -0.3 is 10.6 Å². The second-order valence-electron chi connectivity index (χ2n) is 5.82. The van der Waals surface area contributed by atoms with Crippen molar-refractivity contribution in [1.29, 1.82) is 0 Å². The van der Waals surface area contributed by atoms with Crippen LogP contribution in [0.2, 0.25) is 0 Å². The van der Waals surface area contributed by atoms with E-state index in [-0.39, 0.29) is 0 Å². The summed E-state index contributed by atoms with van der Waals surface area (Å²) in [6.07, 6.45) is 5.31. The van der Waals surface area contributed by atoms with Crippen LogP contribution in [0.1, 0.15) is 23.9 Å². The van der Waals surface area contributed by atoms with Crippen LogP contribution in [-0.2, 0) is 26.7 Å². The molecule has 2 N–H and O–H groups in total. The van der Waals surface area contributed by atoms with Crippen LogP contribution in [0.3, 0.4) is 0 Å². The lowest BCUT2D eigenvalue weighted by Gasteiger charge is -2.12. The van der Waals surface area contributed by atoms with E-state index in [4.69, 9.17) is 4.99 Å². The molecular formula is C18H24N8. The number of nitrogens with zero attached hydrogens (tertiary/aromatic N) is 6. The minimum atomic E-state index is 0.567. The number of aryl methyl sites for hydroxylation is 1. The van der Waals surface area contributed by atoms with E-state index in [1.165, 1.54) is 11.1 Å². The lowest BCUT2D eigenvalue weighted by atomic mass is 10.1. The van der Waals surface area contributed by atoms with Gasteiger partial charge in [-0.05, 0) is 24.1 Å². The molecule has 3 aromatic rings. The molecule has 1 aromatic carbocycles. The van der Waals surface area contributed by atoms with Crippen molar-refractivity contribution in [2.24, 2.45) is 12.0 Å². The molecular weight excluding hydrogens is 328 g/mol. The predicted molar refractivity (Wildman–Crippen MR) is 100 cm³/mol. The molecule has 0 aliphatic heterocycles. The first-order chi connectivity index (χ1) is 12.8. The standard InChI is InChI=1S/C18H24N8/c1-3-19-18(21-12-17-22-14-24-25(17)2)20-11-15-7-4-5-8-16(15)13-26-10-6-9-23-26/h4-10,14H,3,11-13H2,1-2H3,(H2,19,20,21). The average molecular weight is 352 g/mol. The summed E-state index contributed by atoms with van der Waals surface area (Å²) < 4.78 is 3.66. The van der Waals surface area contributed by atoms with E-state index in [1.54, 1.807) is 17.2 Å². The quantitative estimate of drug-likeness (QED) is 0.495. The van der Waals surface area contributed by atoms with Gasteiger partial charge in [-0.25, -0.2) is 9.98 Å². The van der Waals surface area contributed by atoms with Crippen LogP contribution in [0, 0.1) is 0 Å². The van der Waals surface area contributed by atoms with E-state index in [1.807, 2.05) is 43.0 Å². The molecule has 8 heteroatoms. The summed E-state index contributed by atoms with van der Waals surface area (Å²) in [6.45, 7) is 4.73. The Morgan fingerprint density at radius 2 is 1.96 bits per heavy atom. The molecule has 0 saturated heterocycles. The predicted octanol–water partition coefficient (Wildman–Crippen LogP) is 1.32. The van der Waals surface area contributed by atoms with Gasteiger partial charge in [0.1, 0.15) is 12.2 Å². The number of nitrogens with one attached hydrogen (secondary N) is 2. The minimum absolute atomic E-state index is 0.567. The highest BCUT2D eigenvalue weighted by Gasteiger charge is 2.05. The van der Waals surface area contributed by atoms with Gasteiger partial charge in [0.05, 0.1) is 19.6 Å². The summed E-state index contributed by atoms with van der Waals surface area (Å²) in [4.78, 5) is 8.93. The third kappa shape index (κ3) is 4.69. The smallest absolute Gasteiger partial charge is 0.191 e. The minimum Gasteiger partial charge on any atom is -0.357 e. The van der Waals surface area contributed by atoms with E-state index in [0.29, 0.717) is 13.1 Å². The van der Waals surface area contributed by atoms with Crippen molar-refractivity contribution in [2.75, 3.05) is 6.54 Å². The van der Waals surface area contributed by atoms with Crippen molar-refractivity contribution in [3.05, 3.63) is 66.0 Å². The summed E-state index contributed by atoms with van der Waals surface area (Å²) in [5, 5.41) is 14.9. The molecule has 26 heavy (non-hydrogen) atoms. The lowest BCUT2D eigenvalue weighted by molar-refractivity contribution is 0.671. The van der Waals surface area contributed by atoms with E-state index in [0.717, 1.165) is 24.9 Å². The van der Waals surface area contributed by atoms with Crippen LogP contribution < -0.4 is 10.6 Å². The van der Waals surface area contributed by atoms with E-state index in [9.17, 15) is 0 Å². The Labute approximate surface area is 153 Å². The Balaban J connectivity index is 1.68. The Morgan fingerprint density at radius 3 is 2.65 bits per heavy atom. The molecule has 0 unspecified atom stereocenters. The fraction of sp³-hybridized carbons (Fsp3) is 0.333. The maximum atomic E-state index is 4.71. The maximum absolute atomic E-state index is 4.71. The number of hydrogen-bond donors (Lipinski definition) is 2. The van der Waals surface area contributed by atoms with Gasteiger partial charge in [0.15, 0.2) is 5.96 Å². The topological polar surface area (TPSA) is 84.9 Å². The summed E-state index contributed by atoms with van der Waals surface area (Å²) in [7, 11) is 1.87. The normalized spacial score (nSPS) is 11.5. The van der Waals surface area contributed by atoms with Crippen LogP contribution in [0.15, 0.2) is 54.0 Å². The van der Waals surface area contributed by atoms with Crippen molar-refractivity contribution >= 4 is 5.96 Å². The highest BCUT2D eigenvalue weighted by atomic mass is 15.3. The molecule has 0 aliphatic carbocycles. The lowest BCUT2D eigenvalue weighted by Crippen LogP contribution is -2.37. The second-order valence-corrected chi connectivity index (χ2v) is 5.82. The molecule has 136 valence electrons. The Morgan fingerprint density at radius 1 is 1.12 bits per heavy atom. The Kier molecular flexibility index (Phi) is 5.97. The van der Waals surface area contributed by atoms with Gasteiger partial charge in [-0.15, -0.1) is 0 Å². The third-order valence-corrected chi connectivity index (χ3v) is 3.98. The largest absolute Gasteiger partial charge is 0.357 e. The molecule has 0 amide bonds. The number of benzene rings is 1. The van der Waals surface area contributed by atoms with E-state index < -0.39 is 0 Å². The molecule has 2 aromatic heterocycles. The molecule has 0 bridgehead atoms. The third-order valence-electron chi connectivity index (χ3n) is 3.98. The maximum Gasteiger partial charge on any atom is 0.191 e. The molecule has 0 spiro atoms. The Bertz CT molecular complexity index is 835. The number of aliphatic imine (C=N–C) groups is 1. The second kappa shape index (κ2) is 8.80. The first kappa shape index (κ1) is 17.7. The fourth-order valence-electron chi connectivity index (χ4n) is 2.58. The summed E-state index contributed by atoms with van der Waals surface area (Å²) >= 11 is 0. The molecule has 0 fully saturated rings. The molecule has 3 rings (SSSR count). The monoisotopic (exact) mass is 352 g/mol. The fourth-order valence-corrected chi connectivity index (χ4v) is 2.58. The summed E-state index contributed by atoms with van der Waals surface area (Å²) in [5.41, 5.74) is 2.39. The van der Waals surface area contributed by atoms with Gasteiger partial charge in [0.2, 0.25) is 0 Å². The molecule has 0 radical (unpaired) electrons. The summed E-state index contributed by atoms with van der Waals surface area (Å²) in [6, 6.07) is 10.2. The first-order valence-corrected chi connectivity index (χ1v) is 8.65. The molecule has 2 heterocycles. The number of hydrogen-bond acceptors (Lipinski definition) is 4. The van der Waals surface area contributed by atoms with Crippen molar-refractivity contribution in [2.45, 2.75) is 26.6 Å². The molecule has 0 atom stereocenters. The van der Waals surface area contributed by atoms with Gasteiger partial charge in [-0.3, -0.25) is 9.36 Å². The van der Waals surface area contributed by atoms with Crippen LogP contribution in [0.5, 0.6) is 0 Å². The van der Waals surface area contributed by atoms with Crippen LogP contribution in [-0.4, -0.2) is 37.0 Å². The van der Waals surface area contributed by atoms with E-state index >= 15 is 0 Å². The van der Waals surface area contributed by atoms with Crippen molar-refractivity contribution in [3.8, 4) is 0 Å². The zero-order valence-electron chi connectivity index (χ0n) is 15.1. The zero-order valence-corrected chi connectivity index (χ0v) is 15.1. The van der Waals surface area contributed by atoms with Gasteiger partial charge in [-0.2, -0.15) is 10.2 Å². The van der Waals surface area contributed by atoms with Crippen molar-refractivity contribution in [1.82, 2.24) is 35.2 Å². The first-order valence-electron chi connectivity index (χ1n) is 8.65. The van der Waals surface area contributed by atoms with Crippen molar-refractivity contribution < 1.29 is 0 Å². The summed E-state index contributed by atoms with van der Waals surface area (Å²) in [5.74, 6) is 1.61. The van der Waals surface area contributed by atoms with Crippen LogP contribution in [0.4, 0.5) is 0 Å². The molecule has 8 nitrogen and oxygen atoms in total. The van der Waals surface area contributed by atoms with Gasteiger partial charge in [0.25, 0.3) is 0 Å². The average Bonchev–Trinajstić information content (AvgIpc) is 3.30. The number of rotatable bonds is 7. The van der Waals surface area contributed by atoms with Gasteiger partial charge in [0, 0.05) is 26.0 Å². The van der Waals surface area contributed by atoms with Gasteiger partial charge >= 0.3 is 0 Å². The SMILES string of the molecule is CCNC(=NCc1ccccc1Cn1cccn1)NCc1ncnn1C. The highest BCUT2D eigenvalue weighted by Crippen LogP contribution is 2.11. The van der Waals surface area contributed by atoms with E-state index in [2.05, 4.69) is 37.9 Å². The molecule has 0 saturated carbocycles. The van der Waals surface area contributed by atoms with Crippen molar-refractivity contribution in [3.63, 3.8) is 0 Å². The van der Waals surface area contributed by atoms with Gasteiger partial charge in [-0.1, -0.05) is 24.3 Å². The van der Waals surface area contributed by atoms with Crippen LogP contribution >= 0.6 is 0 Å². The highest BCUT2D eigenvalue weighted by molar-refractivity contribution is 5.79. The Hall–Kier alpha value is -3.16.